The van der Waals surface area contributed by atoms with Crippen LogP contribution in [0.4, 0.5) is 11.4 Å². The summed E-state index contributed by atoms with van der Waals surface area (Å²) in [5.41, 5.74) is 2.85. The molecule has 0 saturated heterocycles. The molecule has 0 heterocycles. The Hall–Kier alpha value is -3.31. The normalized spacial score (nSPS) is 11.0. The van der Waals surface area contributed by atoms with E-state index < -0.39 is 0 Å². The average molecular weight is 346 g/mol. The SMILES string of the molecule is O=C(c1ccccc1)c1ccc(O)c(N=Nc2ccc(CCO)cc2)c1. The lowest BCUT2D eigenvalue weighted by molar-refractivity contribution is 0.103. The first kappa shape index (κ1) is 17.5. The van der Waals surface area contributed by atoms with Gasteiger partial charge in [-0.2, -0.15) is 5.11 Å². The summed E-state index contributed by atoms with van der Waals surface area (Å²) in [6.07, 6.45) is 0.585. The van der Waals surface area contributed by atoms with Gasteiger partial charge in [-0.1, -0.05) is 42.5 Å². The van der Waals surface area contributed by atoms with E-state index in [0.29, 0.717) is 23.2 Å². The van der Waals surface area contributed by atoms with E-state index in [0.717, 1.165) is 5.56 Å². The van der Waals surface area contributed by atoms with Crippen molar-refractivity contribution in [2.24, 2.45) is 10.2 Å². The fraction of sp³-hybridized carbons (Fsp3) is 0.0952. The molecule has 0 spiro atoms. The number of carbonyl (C=O) groups excluding carboxylic acids is 1. The minimum Gasteiger partial charge on any atom is -0.506 e. The molecule has 0 bridgehead atoms. The summed E-state index contributed by atoms with van der Waals surface area (Å²) in [7, 11) is 0. The Kier molecular flexibility index (Phi) is 5.51. The molecule has 0 radical (unpaired) electrons. The number of ketones is 1. The second-order valence-corrected chi connectivity index (χ2v) is 5.74. The summed E-state index contributed by atoms with van der Waals surface area (Å²) in [5.74, 6) is -0.189. The Morgan fingerprint density at radius 1 is 0.846 bits per heavy atom. The molecule has 0 amide bonds. The summed E-state index contributed by atoms with van der Waals surface area (Å²) in [4.78, 5) is 12.5. The molecule has 26 heavy (non-hydrogen) atoms. The van der Waals surface area contributed by atoms with Crippen LogP contribution in [0.15, 0.2) is 83.0 Å². The van der Waals surface area contributed by atoms with E-state index in [1.165, 1.54) is 12.1 Å². The lowest BCUT2D eigenvalue weighted by atomic mass is 10.0. The highest BCUT2D eigenvalue weighted by Crippen LogP contribution is 2.30. The van der Waals surface area contributed by atoms with Crippen LogP contribution in [0.5, 0.6) is 5.75 Å². The maximum absolute atomic E-state index is 12.5. The lowest BCUT2D eigenvalue weighted by Gasteiger charge is -2.04. The zero-order chi connectivity index (χ0) is 18.4. The van der Waals surface area contributed by atoms with Crippen molar-refractivity contribution in [1.29, 1.82) is 0 Å². The van der Waals surface area contributed by atoms with Gasteiger partial charge in [0, 0.05) is 17.7 Å². The molecule has 0 saturated carbocycles. The summed E-state index contributed by atoms with van der Waals surface area (Å²) < 4.78 is 0. The van der Waals surface area contributed by atoms with Crippen molar-refractivity contribution < 1.29 is 15.0 Å². The molecule has 0 aromatic heterocycles. The summed E-state index contributed by atoms with van der Waals surface area (Å²) in [5, 5.41) is 27.1. The highest BCUT2D eigenvalue weighted by Gasteiger charge is 2.11. The number of phenolic OH excluding ortho intramolecular Hbond substituents is 1. The average Bonchev–Trinajstić information content (AvgIpc) is 2.69. The van der Waals surface area contributed by atoms with Gasteiger partial charge in [0.25, 0.3) is 0 Å². The van der Waals surface area contributed by atoms with E-state index >= 15 is 0 Å². The minimum absolute atomic E-state index is 0.0461. The number of carbonyl (C=O) groups is 1. The zero-order valence-corrected chi connectivity index (χ0v) is 14.0. The van der Waals surface area contributed by atoms with Crippen molar-refractivity contribution in [1.82, 2.24) is 0 Å². The Bertz CT molecular complexity index is 920. The Balaban J connectivity index is 1.82. The molecule has 3 aromatic carbocycles. The lowest BCUT2D eigenvalue weighted by Crippen LogP contribution is -2.00. The quantitative estimate of drug-likeness (QED) is 0.506. The van der Waals surface area contributed by atoms with E-state index in [1.807, 2.05) is 18.2 Å². The molecule has 5 heteroatoms. The number of azo groups is 1. The molecule has 0 aliphatic heterocycles. The van der Waals surface area contributed by atoms with Crippen molar-refractivity contribution in [2.45, 2.75) is 6.42 Å². The third-order valence-electron chi connectivity index (χ3n) is 3.88. The number of nitrogens with zero attached hydrogens (tertiary/aromatic N) is 2. The number of rotatable bonds is 6. The van der Waals surface area contributed by atoms with Crippen LogP contribution in [0, 0.1) is 0 Å². The van der Waals surface area contributed by atoms with Crippen molar-refractivity contribution in [3.05, 3.63) is 89.5 Å². The largest absolute Gasteiger partial charge is 0.506 e. The molecule has 3 rings (SSSR count). The Labute approximate surface area is 151 Å². The van der Waals surface area contributed by atoms with Gasteiger partial charge < -0.3 is 10.2 Å². The first-order valence-electron chi connectivity index (χ1n) is 8.21. The number of aliphatic hydroxyl groups excluding tert-OH is 1. The number of benzene rings is 3. The predicted molar refractivity (Wildman–Crippen MR) is 99.4 cm³/mol. The first-order chi connectivity index (χ1) is 12.7. The highest BCUT2D eigenvalue weighted by atomic mass is 16.3. The maximum atomic E-state index is 12.5. The van der Waals surface area contributed by atoms with Crippen LogP contribution in [-0.4, -0.2) is 22.6 Å². The van der Waals surface area contributed by atoms with Gasteiger partial charge in [0.05, 0.1) is 5.69 Å². The van der Waals surface area contributed by atoms with Crippen LogP contribution < -0.4 is 0 Å². The first-order valence-corrected chi connectivity index (χ1v) is 8.21. The third-order valence-corrected chi connectivity index (χ3v) is 3.88. The maximum Gasteiger partial charge on any atom is 0.193 e. The van der Waals surface area contributed by atoms with Crippen LogP contribution in [0.1, 0.15) is 21.5 Å². The second kappa shape index (κ2) is 8.18. The van der Waals surface area contributed by atoms with Gasteiger partial charge in [0.15, 0.2) is 5.78 Å². The van der Waals surface area contributed by atoms with Gasteiger partial charge in [-0.05, 0) is 42.3 Å². The van der Waals surface area contributed by atoms with E-state index in [9.17, 15) is 9.90 Å². The zero-order valence-electron chi connectivity index (χ0n) is 14.0. The molecule has 130 valence electrons. The molecule has 3 aromatic rings. The second-order valence-electron chi connectivity index (χ2n) is 5.74. The molecule has 2 N–H and O–H groups in total. The van der Waals surface area contributed by atoms with Gasteiger partial charge >= 0.3 is 0 Å². The van der Waals surface area contributed by atoms with Gasteiger partial charge in [0.1, 0.15) is 11.4 Å². The van der Waals surface area contributed by atoms with Crippen molar-refractivity contribution in [2.75, 3.05) is 6.61 Å². The third kappa shape index (κ3) is 4.20. The van der Waals surface area contributed by atoms with Gasteiger partial charge in [0.2, 0.25) is 0 Å². The molecule has 0 aliphatic rings. The number of aromatic hydroxyl groups is 1. The van der Waals surface area contributed by atoms with E-state index in [2.05, 4.69) is 10.2 Å². The number of aliphatic hydroxyl groups is 1. The van der Waals surface area contributed by atoms with Crippen LogP contribution in [0.25, 0.3) is 0 Å². The molecular weight excluding hydrogens is 328 g/mol. The molecule has 0 atom stereocenters. The smallest absolute Gasteiger partial charge is 0.193 e. The molecule has 0 unspecified atom stereocenters. The highest BCUT2D eigenvalue weighted by molar-refractivity contribution is 6.09. The van der Waals surface area contributed by atoms with Crippen LogP contribution in [0.2, 0.25) is 0 Å². The van der Waals surface area contributed by atoms with E-state index in [1.54, 1.807) is 42.5 Å². The van der Waals surface area contributed by atoms with Crippen molar-refractivity contribution >= 4 is 17.2 Å². The topological polar surface area (TPSA) is 82.2 Å². The molecular formula is C21H18N2O3. The van der Waals surface area contributed by atoms with Crippen LogP contribution in [0.3, 0.4) is 0 Å². The van der Waals surface area contributed by atoms with Gasteiger partial charge in [-0.25, -0.2) is 0 Å². The van der Waals surface area contributed by atoms with Gasteiger partial charge in [-0.3, -0.25) is 4.79 Å². The fourth-order valence-corrected chi connectivity index (χ4v) is 2.47. The van der Waals surface area contributed by atoms with Crippen molar-refractivity contribution in [3.63, 3.8) is 0 Å². The number of hydrogen-bond acceptors (Lipinski definition) is 5. The van der Waals surface area contributed by atoms with Crippen LogP contribution in [-0.2, 0) is 6.42 Å². The summed E-state index contributed by atoms with van der Waals surface area (Å²) in [6, 6.07) is 20.7. The summed E-state index contributed by atoms with van der Waals surface area (Å²) in [6.45, 7) is 0.0942. The molecule has 5 nitrogen and oxygen atoms in total. The van der Waals surface area contributed by atoms with E-state index in [-0.39, 0.29) is 23.8 Å². The predicted octanol–water partition coefficient (Wildman–Crippen LogP) is 4.57. The van der Waals surface area contributed by atoms with E-state index in [4.69, 9.17) is 5.11 Å². The minimum atomic E-state index is -0.143. The summed E-state index contributed by atoms with van der Waals surface area (Å²) >= 11 is 0. The Morgan fingerprint density at radius 3 is 2.27 bits per heavy atom. The fourth-order valence-electron chi connectivity index (χ4n) is 2.47. The number of hydrogen-bond donors (Lipinski definition) is 2. The Morgan fingerprint density at radius 2 is 1.58 bits per heavy atom. The van der Waals surface area contributed by atoms with Gasteiger partial charge in [-0.15, -0.1) is 5.11 Å². The molecule has 0 fully saturated rings. The van der Waals surface area contributed by atoms with Crippen molar-refractivity contribution in [3.8, 4) is 5.75 Å². The van der Waals surface area contributed by atoms with Crippen LogP contribution >= 0.6 is 0 Å². The number of phenols is 1. The standard InChI is InChI=1S/C21H18N2O3/c24-13-12-15-6-9-18(10-7-15)22-23-19-14-17(8-11-20(19)25)21(26)16-4-2-1-3-5-16/h1-11,14,24-25H,12-13H2. The molecule has 0 aliphatic carbocycles. The monoisotopic (exact) mass is 346 g/mol.